The molecule has 0 heterocycles. The van der Waals surface area contributed by atoms with E-state index >= 15 is 0 Å². The molecule has 0 bridgehead atoms. The quantitative estimate of drug-likeness (QED) is 0.748. The lowest BCUT2D eigenvalue weighted by molar-refractivity contribution is 0.0697. The Hall–Kier alpha value is -2.29. The molecule has 20 heavy (non-hydrogen) atoms. The second-order valence-corrected chi connectivity index (χ2v) is 5.18. The van der Waals surface area contributed by atoms with Crippen molar-refractivity contribution in [3.8, 4) is 0 Å². The lowest BCUT2D eigenvalue weighted by Gasteiger charge is -2.11. The van der Waals surface area contributed by atoms with E-state index in [-0.39, 0.29) is 17.9 Å². The van der Waals surface area contributed by atoms with Gasteiger partial charge in [0.05, 0.1) is 17.9 Å². The number of carbonyl (C=O) groups excluding carboxylic acids is 1. The molecule has 110 valence electrons. The Bertz CT molecular complexity index is 626. The first-order chi connectivity index (χ1) is 9.25. The predicted molar refractivity (Wildman–Crippen MR) is 70.8 cm³/mol. The molecule has 0 aliphatic rings. The van der Waals surface area contributed by atoms with E-state index in [2.05, 4.69) is 9.46 Å². The monoisotopic (exact) mass is 302 g/mol. The number of carboxylic acid groups (broad SMARTS) is 1. The summed E-state index contributed by atoms with van der Waals surface area (Å²) < 4.78 is 31.4. The molecular formula is C11H14N2O6S. The number of aromatic carboxylic acids is 1. The molecule has 0 fully saturated rings. The van der Waals surface area contributed by atoms with Crippen LogP contribution in [0.3, 0.4) is 0 Å². The SMILES string of the molecule is CCOC(=O)NS(=O)(=O)Nc1cc(C(=O)O)ccc1C. The highest BCUT2D eigenvalue weighted by molar-refractivity contribution is 7.91. The summed E-state index contributed by atoms with van der Waals surface area (Å²) in [6.45, 7) is 3.14. The number of carbonyl (C=O) groups is 2. The van der Waals surface area contributed by atoms with Gasteiger partial charge in [0.1, 0.15) is 0 Å². The molecule has 1 amide bonds. The zero-order chi connectivity index (χ0) is 15.3. The van der Waals surface area contributed by atoms with Crippen molar-refractivity contribution in [2.24, 2.45) is 0 Å². The highest BCUT2D eigenvalue weighted by Crippen LogP contribution is 2.18. The van der Waals surface area contributed by atoms with Crippen LogP contribution in [0, 0.1) is 6.92 Å². The van der Waals surface area contributed by atoms with Crippen LogP contribution in [0.15, 0.2) is 18.2 Å². The van der Waals surface area contributed by atoms with Crippen molar-refractivity contribution in [3.63, 3.8) is 0 Å². The molecule has 1 aromatic rings. The maximum absolute atomic E-state index is 11.6. The number of aryl methyl sites for hydroxylation is 1. The molecule has 0 unspecified atom stereocenters. The normalized spacial score (nSPS) is 10.7. The molecule has 1 aromatic carbocycles. The third-order valence-electron chi connectivity index (χ3n) is 2.22. The predicted octanol–water partition coefficient (Wildman–Crippen LogP) is 1.10. The Morgan fingerprint density at radius 3 is 2.55 bits per heavy atom. The molecule has 8 nitrogen and oxygen atoms in total. The average Bonchev–Trinajstić information content (AvgIpc) is 2.30. The van der Waals surface area contributed by atoms with Crippen LogP contribution >= 0.6 is 0 Å². The van der Waals surface area contributed by atoms with Gasteiger partial charge in [0.25, 0.3) is 0 Å². The largest absolute Gasteiger partial charge is 0.478 e. The fourth-order valence-electron chi connectivity index (χ4n) is 1.31. The maximum atomic E-state index is 11.6. The van der Waals surface area contributed by atoms with E-state index < -0.39 is 22.3 Å². The van der Waals surface area contributed by atoms with Crippen molar-refractivity contribution in [1.29, 1.82) is 0 Å². The number of amides is 1. The topological polar surface area (TPSA) is 122 Å². The zero-order valence-electron chi connectivity index (χ0n) is 10.8. The lowest BCUT2D eigenvalue weighted by Crippen LogP contribution is -2.35. The number of rotatable bonds is 5. The Kier molecular flexibility index (Phi) is 4.92. The molecule has 0 aliphatic carbocycles. The number of carboxylic acids is 1. The van der Waals surface area contributed by atoms with Crippen molar-refractivity contribution in [2.45, 2.75) is 13.8 Å². The first-order valence-electron chi connectivity index (χ1n) is 5.56. The van der Waals surface area contributed by atoms with Gasteiger partial charge in [-0.15, -0.1) is 0 Å². The van der Waals surface area contributed by atoms with Crippen LogP contribution < -0.4 is 9.44 Å². The fraction of sp³-hybridized carbons (Fsp3) is 0.273. The minimum Gasteiger partial charge on any atom is -0.478 e. The molecule has 9 heteroatoms. The smallest absolute Gasteiger partial charge is 0.422 e. The minimum absolute atomic E-state index is 0.0227. The number of ether oxygens (including phenoxy) is 1. The van der Waals surface area contributed by atoms with Gasteiger partial charge in [-0.25, -0.2) is 14.3 Å². The second kappa shape index (κ2) is 6.24. The van der Waals surface area contributed by atoms with Gasteiger partial charge in [0, 0.05) is 0 Å². The number of benzene rings is 1. The number of hydrogen-bond acceptors (Lipinski definition) is 5. The number of anilines is 1. The van der Waals surface area contributed by atoms with Crippen molar-refractivity contribution in [3.05, 3.63) is 29.3 Å². The van der Waals surface area contributed by atoms with Gasteiger partial charge in [-0.1, -0.05) is 6.07 Å². The van der Waals surface area contributed by atoms with E-state index in [4.69, 9.17) is 5.11 Å². The van der Waals surface area contributed by atoms with Gasteiger partial charge in [0.2, 0.25) is 0 Å². The summed E-state index contributed by atoms with van der Waals surface area (Å²) in [6.07, 6.45) is -1.12. The van der Waals surface area contributed by atoms with E-state index in [1.807, 2.05) is 0 Å². The molecule has 0 aromatic heterocycles. The molecule has 1 rings (SSSR count). The Morgan fingerprint density at radius 2 is 2.00 bits per heavy atom. The third kappa shape index (κ3) is 4.43. The summed E-state index contributed by atoms with van der Waals surface area (Å²) in [4.78, 5) is 21.9. The summed E-state index contributed by atoms with van der Waals surface area (Å²) in [5.41, 5.74) is 0.482. The van der Waals surface area contributed by atoms with Gasteiger partial charge in [-0.05, 0) is 31.5 Å². The molecule has 0 aliphatic heterocycles. The van der Waals surface area contributed by atoms with Crippen molar-refractivity contribution >= 4 is 28.0 Å². The molecule has 0 saturated heterocycles. The van der Waals surface area contributed by atoms with E-state index in [0.717, 1.165) is 6.07 Å². The van der Waals surface area contributed by atoms with Crippen LogP contribution in [0.25, 0.3) is 0 Å². The summed E-state index contributed by atoms with van der Waals surface area (Å²) in [5.74, 6) is -1.19. The first-order valence-corrected chi connectivity index (χ1v) is 7.04. The van der Waals surface area contributed by atoms with E-state index in [1.165, 1.54) is 19.1 Å². The zero-order valence-corrected chi connectivity index (χ0v) is 11.7. The van der Waals surface area contributed by atoms with Gasteiger partial charge in [-0.3, -0.25) is 4.72 Å². The fourth-order valence-corrected chi connectivity index (χ4v) is 2.14. The summed E-state index contributed by atoms with van der Waals surface area (Å²) in [7, 11) is -4.19. The van der Waals surface area contributed by atoms with Crippen LogP contribution in [0.2, 0.25) is 0 Å². The highest BCUT2D eigenvalue weighted by atomic mass is 32.2. The van der Waals surface area contributed by atoms with Gasteiger partial charge < -0.3 is 9.84 Å². The lowest BCUT2D eigenvalue weighted by atomic mass is 10.1. The first kappa shape index (κ1) is 15.8. The van der Waals surface area contributed by atoms with Crippen LogP contribution in [0.1, 0.15) is 22.8 Å². The highest BCUT2D eigenvalue weighted by Gasteiger charge is 2.17. The van der Waals surface area contributed by atoms with Crippen molar-refractivity contribution in [1.82, 2.24) is 4.72 Å². The van der Waals surface area contributed by atoms with Crippen LogP contribution in [0.4, 0.5) is 10.5 Å². The van der Waals surface area contributed by atoms with Crippen molar-refractivity contribution < 1.29 is 27.9 Å². The van der Waals surface area contributed by atoms with E-state index in [0.29, 0.717) is 5.56 Å². The molecular weight excluding hydrogens is 288 g/mol. The molecule has 0 spiro atoms. The van der Waals surface area contributed by atoms with E-state index in [9.17, 15) is 18.0 Å². The van der Waals surface area contributed by atoms with Crippen LogP contribution in [-0.2, 0) is 14.9 Å². The molecule has 0 radical (unpaired) electrons. The second-order valence-electron chi connectivity index (χ2n) is 3.76. The third-order valence-corrected chi connectivity index (χ3v) is 3.15. The number of hydrogen-bond donors (Lipinski definition) is 3. The average molecular weight is 302 g/mol. The Labute approximate surface area is 115 Å². The van der Waals surface area contributed by atoms with E-state index in [1.54, 1.807) is 11.6 Å². The van der Waals surface area contributed by atoms with Crippen LogP contribution in [0.5, 0.6) is 0 Å². The summed E-state index contributed by atoms with van der Waals surface area (Å²) >= 11 is 0. The number of nitrogens with one attached hydrogen (secondary N) is 2. The molecule has 0 atom stereocenters. The Morgan fingerprint density at radius 1 is 1.35 bits per heavy atom. The van der Waals surface area contributed by atoms with Crippen molar-refractivity contribution in [2.75, 3.05) is 11.3 Å². The maximum Gasteiger partial charge on any atom is 0.422 e. The standard InChI is InChI=1S/C11H14N2O6S/c1-3-19-11(16)13-20(17,18)12-9-6-8(10(14)15)5-4-7(9)2/h4-6,12H,3H2,1-2H3,(H,13,16)(H,14,15). The van der Waals surface area contributed by atoms with Gasteiger partial charge in [0.15, 0.2) is 0 Å². The summed E-state index contributed by atoms with van der Waals surface area (Å²) in [5, 5.41) is 8.85. The van der Waals surface area contributed by atoms with Gasteiger partial charge >= 0.3 is 22.3 Å². The summed E-state index contributed by atoms with van der Waals surface area (Å²) in [6, 6.07) is 3.95. The Balaban J connectivity index is 2.94. The molecule has 0 saturated carbocycles. The minimum atomic E-state index is -4.19. The molecule has 3 N–H and O–H groups in total. The van der Waals surface area contributed by atoms with Crippen LogP contribution in [-0.4, -0.2) is 32.2 Å². The van der Waals surface area contributed by atoms with Gasteiger partial charge in [-0.2, -0.15) is 8.42 Å².